The quantitative estimate of drug-likeness (QED) is 0.926. The summed E-state index contributed by atoms with van der Waals surface area (Å²) in [5, 5.41) is 0. The van der Waals surface area contributed by atoms with Crippen molar-refractivity contribution in [3.05, 3.63) is 34.3 Å². The molecule has 0 saturated carbocycles. The first-order chi connectivity index (χ1) is 7.80. The molecule has 0 aliphatic heterocycles. The molecule has 1 aromatic rings. The molecule has 0 saturated heterocycles. The van der Waals surface area contributed by atoms with Crippen molar-refractivity contribution in [2.45, 2.75) is 31.9 Å². The minimum atomic E-state index is -4.44. The molecule has 0 amide bonds. The highest BCUT2D eigenvalue weighted by molar-refractivity contribution is 9.10. The van der Waals surface area contributed by atoms with E-state index in [0.29, 0.717) is 5.56 Å². The number of nitrogens with two attached hydrogens (primary N) is 1. The highest BCUT2D eigenvalue weighted by atomic mass is 79.9. The van der Waals surface area contributed by atoms with Crippen LogP contribution in [0.5, 0.6) is 0 Å². The van der Waals surface area contributed by atoms with Crippen LogP contribution in [-0.4, -0.2) is 18.3 Å². The Balaban J connectivity index is 2.61. The minimum absolute atomic E-state index is 0.112. The van der Waals surface area contributed by atoms with E-state index in [9.17, 15) is 13.2 Å². The van der Waals surface area contributed by atoms with E-state index in [1.165, 1.54) is 6.92 Å². The number of benzene rings is 1. The largest absolute Gasteiger partial charge is 0.416 e. The SMILES string of the molecule is CC(N)C(OCc1ccc(Br)cc1)C(F)(F)F. The molecule has 0 aliphatic rings. The standard InChI is InChI=1S/C11H13BrF3NO/c1-7(16)10(11(13,14)15)17-6-8-2-4-9(12)5-3-8/h2-5,7,10H,6,16H2,1H3. The second-order valence-electron chi connectivity index (χ2n) is 3.76. The van der Waals surface area contributed by atoms with Crippen molar-refractivity contribution in [2.24, 2.45) is 5.73 Å². The molecule has 0 fully saturated rings. The van der Waals surface area contributed by atoms with Crippen LogP contribution in [0, 0.1) is 0 Å². The molecular formula is C11H13BrF3NO. The van der Waals surface area contributed by atoms with Crippen molar-refractivity contribution in [1.82, 2.24) is 0 Å². The van der Waals surface area contributed by atoms with Crippen molar-refractivity contribution in [3.63, 3.8) is 0 Å². The Bertz CT molecular complexity index is 351. The van der Waals surface area contributed by atoms with E-state index in [1.807, 2.05) is 0 Å². The van der Waals surface area contributed by atoms with E-state index >= 15 is 0 Å². The van der Waals surface area contributed by atoms with Gasteiger partial charge < -0.3 is 10.5 Å². The monoisotopic (exact) mass is 311 g/mol. The van der Waals surface area contributed by atoms with Gasteiger partial charge in [-0.05, 0) is 24.6 Å². The van der Waals surface area contributed by atoms with Gasteiger partial charge >= 0.3 is 6.18 Å². The number of ether oxygens (including phenoxy) is 1. The molecule has 0 radical (unpaired) electrons. The number of hydrogen-bond acceptors (Lipinski definition) is 2. The van der Waals surface area contributed by atoms with Gasteiger partial charge in [-0.2, -0.15) is 13.2 Å². The second kappa shape index (κ2) is 5.84. The van der Waals surface area contributed by atoms with E-state index in [1.54, 1.807) is 24.3 Å². The van der Waals surface area contributed by atoms with E-state index in [-0.39, 0.29) is 6.61 Å². The normalized spacial score (nSPS) is 15.6. The molecule has 0 spiro atoms. The van der Waals surface area contributed by atoms with Crippen molar-refractivity contribution in [2.75, 3.05) is 0 Å². The van der Waals surface area contributed by atoms with E-state index < -0.39 is 18.3 Å². The van der Waals surface area contributed by atoms with Crippen LogP contribution in [-0.2, 0) is 11.3 Å². The van der Waals surface area contributed by atoms with Crippen molar-refractivity contribution in [1.29, 1.82) is 0 Å². The average molecular weight is 312 g/mol. The molecule has 1 rings (SSSR count). The fourth-order valence-electron chi connectivity index (χ4n) is 1.31. The topological polar surface area (TPSA) is 35.2 Å². The first-order valence-electron chi connectivity index (χ1n) is 4.99. The molecule has 0 bridgehead atoms. The molecule has 1 aromatic carbocycles. The van der Waals surface area contributed by atoms with Gasteiger partial charge in [-0.15, -0.1) is 0 Å². The molecular weight excluding hydrogens is 299 g/mol. The summed E-state index contributed by atoms with van der Waals surface area (Å²) in [7, 11) is 0. The first-order valence-corrected chi connectivity index (χ1v) is 5.78. The van der Waals surface area contributed by atoms with Crippen LogP contribution in [0.4, 0.5) is 13.2 Å². The first kappa shape index (κ1) is 14.5. The Morgan fingerprint density at radius 1 is 1.29 bits per heavy atom. The van der Waals surface area contributed by atoms with E-state index in [4.69, 9.17) is 10.5 Å². The van der Waals surface area contributed by atoms with Gasteiger partial charge in [0.1, 0.15) is 0 Å². The third-order valence-corrected chi connectivity index (χ3v) is 2.67. The fourth-order valence-corrected chi connectivity index (χ4v) is 1.58. The molecule has 2 N–H and O–H groups in total. The van der Waals surface area contributed by atoms with Crippen LogP contribution in [0.3, 0.4) is 0 Å². The lowest BCUT2D eigenvalue weighted by Crippen LogP contribution is -2.45. The zero-order chi connectivity index (χ0) is 13.1. The van der Waals surface area contributed by atoms with Crippen LogP contribution < -0.4 is 5.73 Å². The lowest BCUT2D eigenvalue weighted by Gasteiger charge is -2.23. The lowest BCUT2D eigenvalue weighted by molar-refractivity contribution is -0.228. The molecule has 0 aromatic heterocycles. The van der Waals surface area contributed by atoms with Crippen LogP contribution in [0.25, 0.3) is 0 Å². The maximum Gasteiger partial charge on any atom is 0.416 e. The molecule has 96 valence electrons. The predicted octanol–water partition coefficient (Wildman–Crippen LogP) is 3.24. The summed E-state index contributed by atoms with van der Waals surface area (Å²) in [5.41, 5.74) is 5.93. The van der Waals surface area contributed by atoms with Crippen LogP contribution >= 0.6 is 15.9 Å². The van der Waals surface area contributed by atoms with Gasteiger partial charge in [0.2, 0.25) is 0 Å². The van der Waals surface area contributed by atoms with Gasteiger partial charge in [0.05, 0.1) is 6.61 Å². The second-order valence-corrected chi connectivity index (χ2v) is 4.67. The van der Waals surface area contributed by atoms with Gasteiger partial charge in [0, 0.05) is 10.5 Å². The third-order valence-electron chi connectivity index (χ3n) is 2.14. The lowest BCUT2D eigenvalue weighted by atomic mass is 10.2. The molecule has 0 aliphatic carbocycles. The number of halogens is 4. The molecule has 2 atom stereocenters. The summed E-state index contributed by atoms with van der Waals surface area (Å²) in [6, 6.07) is 5.78. The van der Waals surface area contributed by atoms with E-state index in [2.05, 4.69) is 15.9 Å². The van der Waals surface area contributed by atoms with E-state index in [0.717, 1.165) is 4.47 Å². The summed E-state index contributed by atoms with van der Waals surface area (Å²) < 4.78 is 43.3. The Kier molecular flexibility index (Phi) is 4.97. The summed E-state index contributed by atoms with van der Waals surface area (Å²) in [4.78, 5) is 0. The van der Waals surface area contributed by atoms with Crippen LogP contribution in [0.15, 0.2) is 28.7 Å². The zero-order valence-electron chi connectivity index (χ0n) is 9.17. The van der Waals surface area contributed by atoms with Gasteiger partial charge in [-0.3, -0.25) is 0 Å². The van der Waals surface area contributed by atoms with Crippen molar-refractivity contribution < 1.29 is 17.9 Å². The average Bonchev–Trinajstić information content (AvgIpc) is 2.18. The Labute approximate surface area is 106 Å². The molecule has 17 heavy (non-hydrogen) atoms. The summed E-state index contributed by atoms with van der Waals surface area (Å²) in [6.07, 6.45) is -6.38. The Morgan fingerprint density at radius 2 is 1.82 bits per heavy atom. The Morgan fingerprint density at radius 3 is 2.24 bits per heavy atom. The number of rotatable bonds is 4. The smallest absolute Gasteiger partial charge is 0.362 e. The number of hydrogen-bond donors (Lipinski definition) is 1. The summed E-state index contributed by atoms with van der Waals surface area (Å²) in [5.74, 6) is 0. The highest BCUT2D eigenvalue weighted by Gasteiger charge is 2.43. The molecule has 0 heterocycles. The summed E-state index contributed by atoms with van der Waals surface area (Å²) >= 11 is 3.24. The van der Waals surface area contributed by atoms with Gasteiger partial charge in [-0.25, -0.2) is 0 Å². The Hall–Kier alpha value is -0.590. The molecule has 2 unspecified atom stereocenters. The highest BCUT2D eigenvalue weighted by Crippen LogP contribution is 2.25. The van der Waals surface area contributed by atoms with Gasteiger partial charge in [0.25, 0.3) is 0 Å². The van der Waals surface area contributed by atoms with Gasteiger partial charge in [-0.1, -0.05) is 28.1 Å². The number of alkyl halides is 3. The van der Waals surface area contributed by atoms with Crippen LogP contribution in [0.2, 0.25) is 0 Å². The molecule has 6 heteroatoms. The maximum absolute atomic E-state index is 12.5. The summed E-state index contributed by atoms with van der Waals surface area (Å²) in [6.45, 7) is 1.17. The third kappa shape index (κ3) is 4.65. The fraction of sp³-hybridized carbons (Fsp3) is 0.455. The van der Waals surface area contributed by atoms with Gasteiger partial charge in [0.15, 0.2) is 6.10 Å². The van der Waals surface area contributed by atoms with Crippen molar-refractivity contribution >= 4 is 15.9 Å². The van der Waals surface area contributed by atoms with Crippen molar-refractivity contribution in [3.8, 4) is 0 Å². The minimum Gasteiger partial charge on any atom is -0.362 e. The molecule has 2 nitrogen and oxygen atoms in total. The maximum atomic E-state index is 12.5. The predicted molar refractivity (Wildman–Crippen MR) is 62.4 cm³/mol. The van der Waals surface area contributed by atoms with Crippen LogP contribution in [0.1, 0.15) is 12.5 Å². The zero-order valence-corrected chi connectivity index (χ0v) is 10.8.